The molecule has 1 unspecified atom stereocenters. The minimum absolute atomic E-state index is 0.125. The summed E-state index contributed by atoms with van der Waals surface area (Å²) in [4.78, 5) is 10.9. The minimum atomic E-state index is -0.214. The van der Waals surface area contributed by atoms with Gasteiger partial charge in [0.2, 0.25) is 5.91 Å². The van der Waals surface area contributed by atoms with Crippen LogP contribution in [0.15, 0.2) is 24.3 Å². The zero-order valence-corrected chi connectivity index (χ0v) is 9.00. The maximum Gasteiger partial charge on any atom is 0.220 e. The molecule has 16 heavy (non-hydrogen) atoms. The van der Waals surface area contributed by atoms with Gasteiger partial charge in [0.15, 0.2) is 0 Å². The third kappa shape index (κ3) is 3.03. The summed E-state index contributed by atoms with van der Waals surface area (Å²) >= 11 is 0. The molecule has 1 aliphatic heterocycles. The maximum atomic E-state index is 12.7. The van der Waals surface area contributed by atoms with Gasteiger partial charge in [-0.1, -0.05) is 12.1 Å². The molecule has 2 N–H and O–H groups in total. The lowest BCUT2D eigenvalue weighted by atomic mass is 10.1. The van der Waals surface area contributed by atoms with Crippen LogP contribution in [0.4, 0.5) is 4.39 Å². The van der Waals surface area contributed by atoms with Crippen LogP contribution in [-0.4, -0.2) is 18.5 Å². The molecule has 1 amide bonds. The summed E-state index contributed by atoms with van der Waals surface area (Å²) in [5.74, 6) is -0.0893. The zero-order valence-electron chi connectivity index (χ0n) is 9.00. The zero-order chi connectivity index (χ0) is 11.4. The number of rotatable bonds is 3. The largest absolute Gasteiger partial charge is 0.355 e. The summed E-state index contributed by atoms with van der Waals surface area (Å²) in [6.07, 6.45) is 1.45. The highest BCUT2D eigenvalue weighted by Crippen LogP contribution is 2.06. The van der Waals surface area contributed by atoms with Crippen LogP contribution in [0.25, 0.3) is 0 Å². The van der Waals surface area contributed by atoms with Crippen LogP contribution in [0.2, 0.25) is 0 Å². The maximum absolute atomic E-state index is 12.7. The number of amides is 1. The van der Waals surface area contributed by atoms with Crippen molar-refractivity contribution in [2.75, 3.05) is 6.54 Å². The molecule has 2 rings (SSSR count). The first-order valence-electron chi connectivity index (χ1n) is 5.48. The Balaban J connectivity index is 1.79. The minimum Gasteiger partial charge on any atom is -0.355 e. The normalized spacial score (nSPS) is 20.6. The first-order valence-corrected chi connectivity index (χ1v) is 5.48. The van der Waals surface area contributed by atoms with E-state index in [2.05, 4.69) is 10.6 Å². The van der Waals surface area contributed by atoms with Gasteiger partial charge in [-0.3, -0.25) is 4.79 Å². The fraction of sp³-hybridized carbons (Fsp3) is 0.417. The number of carbonyl (C=O) groups excluding carboxylic acids is 1. The Morgan fingerprint density at radius 1 is 1.38 bits per heavy atom. The van der Waals surface area contributed by atoms with Crippen molar-refractivity contribution in [1.29, 1.82) is 0 Å². The monoisotopic (exact) mass is 222 g/mol. The van der Waals surface area contributed by atoms with Gasteiger partial charge in [-0.15, -0.1) is 0 Å². The van der Waals surface area contributed by atoms with Crippen molar-refractivity contribution in [3.63, 3.8) is 0 Å². The molecule has 0 saturated carbocycles. The lowest BCUT2D eigenvalue weighted by Gasteiger charge is -2.23. The van der Waals surface area contributed by atoms with E-state index < -0.39 is 0 Å². The molecule has 1 fully saturated rings. The molecule has 1 aliphatic rings. The Labute approximate surface area is 94.0 Å². The Kier molecular flexibility index (Phi) is 3.51. The molecular weight excluding hydrogens is 207 g/mol. The van der Waals surface area contributed by atoms with Crippen molar-refractivity contribution < 1.29 is 9.18 Å². The molecule has 0 aromatic heterocycles. The van der Waals surface area contributed by atoms with E-state index in [0.717, 1.165) is 12.0 Å². The Hall–Kier alpha value is -1.42. The molecule has 86 valence electrons. The summed E-state index contributed by atoms with van der Waals surface area (Å²) < 4.78 is 12.7. The molecule has 1 aromatic carbocycles. The van der Waals surface area contributed by atoms with Crippen LogP contribution in [0.1, 0.15) is 18.4 Å². The van der Waals surface area contributed by atoms with Crippen molar-refractivity contribution >= 4 is 5.91 Å². The molecule has 0 spiro atoms. The van der Waals surface area contributed by atoms with E-state index in [1.807, 2.05) is 0 Å². The smallest absolute Gasteiger partial charge is 0.220 e. The van der Waals surface area contributed by atoms with Crippen molar-refractivity contribution in [2.45, 2.75) is 25.4 Å². The topological polar surface area (TPSA) is 41.1 Å². The molecule has 0 bridgehead atoms. The lowest BCUT2D eigenvalue weighted by Crippen LogP contribution is -2.45. The summed E-state index contributed by atoms with van der Waals surface area (Å²) in [6, 6.07) is 6.77. The van der Waals surface area contributed by atoms with Gasteiger partial charge < -0.3 is 10.6 Å². The average molecular weight is 222 g/mol. The molecule has 1 atom stereocenters. The SMILES string of the molecule is O=C1CCC(NCc2ccc(F)cc2)CN1. The van der Waals surface area contributed by atoms with E-state index in [1.54, 1.807) is 12.1 Å². The van der Waals surface area contributed by atoms with Crippen molar-refractivity contribution in [3.8, 4) is 0 Å². The highest BCUT2D eigenvalue weighted by atomic mass is 19.1. The predicted octanol–water partition coefficient (Wildman–Crippen LogP) is 1.19. The lowest BCUT2D eigenvalue weighted by molar-refractivity contribution is -0.122. The van der Waals surface area contributed by atoms with Crippen LogP contribution >= 0.6 is 0 Å². The fourth-order valence-corrected chi connectivity index (χ4v) is 1.77. The fourth-order valence-electron chi connectivity index (χ4n) is 1.77. The Morgan fingerprint density at radius 3 is 2.75 bits per heavy atom. The highest BCUT2D eigenvalue weighted by Gasteiger charge is 2.16. The first-order chi connectivity index (χ1) is 7.74. The number of hydrogen-bond donors (Lipinski definition) is 2. The third-order valence-corrected chi connectivity index (χ3v) is 2.77. The molecule has 4 heteroatoms. The van der Waals surface area contributed by atoms with Gasteiger partial charge in [0.1, 0.15) is 5.82 Å². The first kappa shape index (κ1) is 11.1. The second-order valence-corrected chi connectivity index (χ2v) is 4.05. The number of carbonyl (C=O) groups is 1. The summed E-state index contributed by atoms with van der Waals surface area (Å²) in [5.41, 5.74) is 1.05. The summed E-state index contributed by atoms with van der Waals surface area (Å²) in [7, 11) is 0. The summed E-state index contributed by atoms with van der Waals surface area (Å²) in [6.45, 7) is 1.39. The van der Waals surface area contributed by atoms with Gasteiger partial charge in [0.05, 0.1) is 0 Å². The van der Waals surface area contributed by atoms with Crippen molar-refractivity contribution in [2.24, 2.45) is 0 Å². The Morgan fingerprint density at radius 2 is 2.12 bits per heavy atom. The molecular formula is C12H15FN2O. The van der Waals surface area contributed by atoms with E-state index in [4.69, 9.17) is 0 Å². The molecule has 3 nitrogen and oxygen atoms in total. The van der Waals surface area contributed by atoms with Crippen LogP contribution < -0.4 is 10.6 Å². The third-order valence-electron chi connectivity index (χ3n) is 2.77. The highest BCUT2D eigenvalue weighted by molar-refractivity contribution is 5.76. The molecule has 1 saturated heterocycles. The van der Waals surface area contributed by atoms with Gasteiger partial charge in [0, 0.05) is 25.6 Å². The quantitative estimate of drug-likeness (QED) is 0.806. The van der Waals surface area contributed by atoms with E-state index in [0.29, 0.717) is 25.6 Å². The number of nitrogens with one attached hydrogen (secondary N) is 2. The van der Waals surface area contributed by atoms with E-state index in [1.165, 1.54) is 12.1 Å². The molecule has 0 radical (unpaired) electrons. The average Bonchev–Trinajstić information content (AvgIpc) is 2.30. The van der Waals surface area contributed by atoms with Crippen LogP contribution in [0.5, 0.6) is 0 Å². The van der Waals surface area contributed by atoms with Gasteiger partial charge in [-0.05, 0) is 24.1 Å². The van der Waals surface area contributed by atoms with Gasteiger partial charge in [-0.25, -0.2) is 4.39 Å². The van der Waals surface area contributed by atoms with E-state index >= 15 is 0 Å². The van der Waals surface area contributed by atoms with E-state index in [9.17, 15) is 9.18 Å². The number of halogens is 1. The molecule has 1 aromatic rings. The number of piperidine rings is 1. The van der Waals surface area contributed by atoms with Gasteiger partial charge in [0.25, 0.3) is 0 Å². The van der Waals surface area contributed by atoms with Crippen LogP contribution in [-0.2, 0) is 11.3 Å². The van der Waals surface area contributed by atoms with Crippen molar-refractivity contribution in [3.05, 3.63) is 35.6 Å². The summed E-state index contributed by atoms with van der Waals surface area (Å²) in [5, 5.41) is 6.16. The van der Waals surface area contributed by atoms with Gasteiger partial charge >= 0.3 is 0 Å². The number of benzene rings is 1. The second-order valence-electron chi connectivity index (χ2n) is 4.05. The van der Waals surface area contributed by atoms with E-state index in [-0.39, 0.29) is 11.7 Å². The predicted molar refractivity (Wildman–Crippen MR) is 59.3 cm³/mol. The number of hydrogen-bond acceptors (Lipinski definition) is 2. The molecule has 1 heterocycles. The van der Waals surface area contributed by atoms with Gasteiger partial charge in [-0.2, -0.15) is 0 Å². The Bertz CT molecular complexity index is 354. The van der Waals surface area contributed by atoms with Crippen LogP contribution in [0.3, 0.4) is 0 Å². The second kappa shape index (κ2) is 5.07. The van der Waals surface area contributed by atoms with Crippen molar-refractivity contribution in [1.82, 2.24) is 10.6 Å². The van der Waals surface area contributed by atoms with Crippen LogP contribution in [0, 0.1) is 5.82 Å². The molecule has 0 aliphatic carbocycles. The standard InChI is InChI=1S/C12H15FN2O/c13-10-3-1-9(2-4-10)7-14-11-5-6-12(16)15-8-11/h1-4,11,14H,5-8H2,(H,15,16).